The molecular formula is C17H30N2O4. The van der Waals surface area contributed by atoms with E-state index < -0.39 is 11.9 Å². The molecule has 0 aliphatic carbocycles. The molecule has 0 aromatic heterocycles. The summed E-state index contributed by atoms with van der Waals surface area (Å²) in [5, 5.41) is 12.2. The van der Waals surface area contributed by atoms with Crippen molar-refractivity contribution in [2.24, 2.45) is 11.8 Å². The number of carboxylic acid groups (broad SMARTS) is 1. The Morgan fingerprint density at radius 3 is 2.35 bits per heavy atom. The van der Waals surface area contributed by atoms with Crippen LogP contribution < -0.4 is 5.32 Å². The van der Waals surface area contributed by atoms with E-state index >= 15 is 0 Å². The molecule has 0 bridgehead atoms. The molecule has 1 fully saturated rings. The third-order valence-corrected chi connectivity index (χ3v) is 4.45. The van der Waals surface area contributed by atoms with Crippen molar-refractivity contribution in [2.75, 3.05) is 6.54 Å². The molecule has 6 nitrogen and oxygen atoms in total. The summed E-state index contributed by atoms with van der Waals surface area (Å²) in [7, 11) is 0. The average Bonchev–Trinajstić information content (AvgIpc) is 2.88. The first-order chi connectivity index (χ1) is 10.8. The monoisotopic (exact) mass is 326 g/mol. The summed E-state index contributed by atoms with van der Waals surface area (Å²) in [5.41, 5.74) is 0. The minimum absolute atomic E-state index is 0.0416. The minimum atomic E-state index is -0.830. The SMILES string of the molecule is CCC(CC(CC(C)C(=O)NC(C)C)N1CCCC1=O)C(=O)O. The summed E-state index contributed by atoms with van der Waals surface area (Å²) in [6, 6.07) is -0.113. The number of amides is 2. The van der Waals surface area contributed by atoms with E-state index in [1.807, 2.05) is 27.7 Å². The molecule has 3 unspecified atom stereocenters. The van der Waals surface area contributed by atoms with Crippen molar-refractivity contribution in [3.05, 3.63) is 0 Å². The van der Waals surface area contributed by atoms with Crippen LogP contribution in [-0.4, -0.2) is 46.4 Å². The largest absolute Gasteiger partial charge is 0.481 e. The van der Waals surface area contributed by atoms with E-state index in [2.05, 4.69) is 5.32 Å². The van der Waals surface area contributed by atoms with Crippen molar-refractivity contribution in [3.63, 3.8) is 0 Å². The Balaban J connectivity index is 2.80. The maximum absolute atomic E-state index is 12.1. The van der Waals surface area contributed by atoms with E-state index in [0.717, 1.165) is 6.42 Å². The van der Waals surface area contributed by atoms with E-state index in [1.54, 1.807) is 4.90 Å². The van der Waals surface area contributed by atoms with E-state index in [0.29, 0.717) is 32.2 Å². The summed E-state index contributed by atoms with van der Waals surface area (Å²) >= 11 is 0. The van der Waals surface area contributed by atoms with Crippen molar-refractivity contribution in [1.29, 1.82) is 0 Å². The van der Waals surface area contributed by atoms with Crippen molar-refractivity contribution in [2.45, 2.75) is 71.9 Å². The molecule has 0 spiro atoms. The quantitative estimate of drug-likeness (QED) is 0.679. The highest BCUT2D eigenvalue weighted by atomic mass is 16.4. The lowest BCUT2D eigenvalue weighted by molar-refractivity contribution is -0.143. The van der Waals surface area contributed by atoms with Gasteiger partial charge in [0.1, 0.15) is 0 Å². The Labute approximate surface area is 138 Å². The second-order valence-corrected chi connectivity index (χ2v) is 6.82. The van der Waals surface area contributed by atoms with E-state index in [9.17, 15) is 19.5 Å². The first-order valence-corrected chi connectivity index (χ1v) is 8.58. The first kappa shape index (κ1) is 19.5. The topological polar surface area (TPSA) is 86.7 Å². The maximum atomic E-state index is 12.1. The van der Waals surface area contributed by atoms with Gasteiger partial charge < -0.3 is 15.3 Å². The van der Waals surface area contributed by atoms with Crippen molar-refractivity contribution in [3.8, 4) is 0 Å². The van der Waals surface area contributed by atoms with Crippen LogP contribution >= 0.6 is 0 Å². The number of nitrogens with one attached hydrogen (secondary N) is 1. The maximum Gasteiger partial charge on any atom is 0.306 e. The molecular weight excluding hydrogens is 296 g/mol. The molecule has 1 aliphatic rings. The smallest absolute Gasteiger partial charge is 0.306 e. The summed E-state index contributed by atoms with van der Waals surface area (Å²) in [6.45, 7) is 8.16. The van der Waals surface area contributed by atoms with E-state index in [4.69, 9.17) is 0 Å². The second kappa shape index (κ2) is 8.89. The van der Waals surface area contributed by atoms with Gasteiger partial charge in [-0.25, -0.2) is 0 Å². The number of nitrogens with zero attached hydrogens (tertiary/aromatic N) is 1. The lowest BCUT2D eigenvalue weighted by Gasteiger charge is -2.31. The zero-order valence-corrected chi connectivity index (χ0v) is 14.7. The molecule has 1 aliphatic heterocycles. The number of carbonyl (C=O) groups is 3. The Morgan fingerprint density at radius 1 is 1.26 bits per heavy atom. The molecule has 0 aromatic carbocycles. The Bertz CT molecular complexity index is 436. The van der Waals surface area contributed by atoms with Gasteiger partial charge in [0.25, 0.3) is 0 Å². The fourth-order valence-corrected chi connectivity index (χ4v) is 3.12. The normalized spacial score (nSPS) is 18.8. The summed E-state index contributed by atoms with van der Waals surface area (Å²) in [5.74, 6) is -1.52. The van der Waals surface area contributed by atoms with Gasteiger partial charge in [0, 0.05) is 31.0 Å². The first-order valence-electron chi connectivity index (χ1n) is 8.58. The van der Waals surface area contributed by atoms with Crippen LogP contribution in [0.25, 0.3) is 0 Å². The average molecular weight is 326 g/mol. The predicted octanol–water partition coefficient (Wildman–Crippen LogP) is 2.03. The zero-order valence-electron chi connectivity index (χ0n) is 14.7. The summed E-state index contributed by atoms with van der Waals surface area (Å²) in [6.07, 6.45) is 2.78. The minimum Gasteiger partial charge on any atom is -0.481 e. The van der Waals surface area contributed by atoms with Crippen LogP contribution in [0.3, 0.4) is 0 Å². The van der Waals surface area contributed by atoms with Gasteiger partial charge >= 0.3 is 5.97 Å². The highest BCUT2D eigenvalue weighted by Crippen LogP contribution is 2.26. The van der Waals surface area contributed by atoms with Gasteiger partial charge in [-0.1, -0.05) is 13.8 Å². The molecule has 0 aromatic rings. The van der Waals surface area contributed by atoms with Crippen molar-refractivity contribution >= 4 is 17.8 Å². The highest BCUT2D eigenvalue weighted by Gasteiger charge is 2.33. The van der Waals surface area contributed by atoms with Gasteiger partial charge in [-0.2, -0.15) is 0 Å². The fraction of sp³-hybridized carbons (Fsp3) is 0.824. The van der Waals surface area contributed by atoms with Gasteiger partial charge in [0.2, 0.25) is 11.8 Å². The van der Waals surface area contributed by atoms with Crippen LogP contribution in [0.15, 0.2) is 0 Å². The zero-order chi connectivity index (χ0) is 17.6. The van der Waals surface area contributed by atoms with Gasteiger partial charge in [0.15, 0.2) is 0 Å². The predicted molar refractivity (Wildman–Crippen MR) is 87.8 cm³/mol. The molecule has 3 atom stereocenters. The van der Waals surface area contributed by atoms with Crippen molar-refractivity contribution < 1.29 is 19.5 Å². The third kappa shape index (κ3) is 5.84. The lowest BCUT2D eigenvalue weighted by atomic mass is 9.90. The molecule has 132 valence electrons. The fourth-order valence-electron chi connectivity index (χ4n) is 3.12. The number of carboxylic acids is 1. The molecule has 2 N–H and O–H groups in total. The molecule has 23 heavy (non-hydrogen) atoms. The second-order valence-electron chi connectivity index (χ2n) is 6.82. The van der Waals surface area contributed by atoms with Crippen LogP contribution in [-0.2, 0) is 14.4 Å². The molecule has 1 heterocycles. The Hall–Kier alpha value is -1.59. The molecule has 0 saturated carbocycles. The number of aliphatic carboxylic acids is 1. The van der Waals surface area contributed by atoms with Gasteiger partial charge in [-0.05, 0) is 39.5 Å². The highest BCUT2D eigenvalue weighted by molar-refractivity contribution is 5.80. The van der Waals surface area contributed by atoms with Gasteiger partial charge in [-0.15, -0.1) is 0 Å². The number of rotatable bonds is 9. The molecule has 6 heteroatoms. The summed E-state index contributed by atoms with van der Waals surface area (Å²) < 4.78 is 0. The Kier molecular flexibility index (Phi) is 7.52. The van der Waals surface area contributed by atoms with E-state index in [1.165, 1.54) is 0 Å². The van der Waals surface area contributed by atoms with Gasteiger partial charge in [-0.3, -0.25) is 14.4 Å². The summed E-state index contributed by atoms with van der Waals surface area (Å²) in [4.78, 5) is 37.3. The Morgan fingerprint density at radius 2 is 1.91 bits per heavy atom. The van der Waals surface area contributed by atoms with E-state index in [-0.39, 0.29) is 29.8 Å². The number of hydrogen-bond donors (Lipinski definition) is 2. The molecule has 2 amide bonds. The third-order valence-electron chi connectivity index (χ3n) is 4.45. The number of likely N-dealkylation sites (tertiary alicyclic amines) is 1. The van der Waals surface area contributed by atoms with Crippen LogP contribution in [0.5, 0.6) is 0 Å². The van der Waals surface area contributed by atoms with Crippen LogP contribution in [0.4, 0.5) is 0 Å². The van der Waals surface area contributed by atoms with Crippen LogP contribution in [0, 0.1) is 11.8 Å². The lowest BCUT2D eigenvalue weighted by Crippen LogP contribution is -2.42. The van der Waals surface area contributed by atoms with Crippen LogP contribution in [0.1, 0.15) is 59.8 Å². The molecule has 1 saturated heterocycles. The molecule has 0 radical (unpaired) electrons. The molecule has 1 rings (SSSR count). The van der Waals surface area contributed by atoms with Crippen molar-refractivity contribution in [1.82, 2.24) is 10.2 Å². The van der Waals surface area contributed by atoms with Crippen LogP contribution in [0.2, 0.25) is 0 Å². The standard InChI is InChI=1S/C17H30N2O4/c1-5-13(17(22)23)10-14(19-8-6-7-15(19)20)9-12(4)16(21)18-11(2)3/h11-14H,5-10H2,1-4H3,(H,18,21)(H,22,23). The number of hydrogen-bond acceptors (Lipinski definition) is 3. The van der Waals surface area contributed by atoms with Gasteiger partial charge in [0.05, 0.1) is 5.92 Å². The number of carbonyl (C=O) groups excluding carboxylic acids is 2.